The van der Waals surface area contributed by atoms with Gasteiger partial charge in [-0.15, -0.1) is 0 Å². The summed E-state index contributed by atoms with van der Waals surface area (Å²) < 4.78 is 11.5. The predicted molar refractivity (Wildman–Crippen MR) is 55.9 cm³/mol. The molecule has 0 fully saturated rings. The quantitative estimate of drug-likeness (QED) is 0.730. The minimum absolute atomic E-state index is 0.0797. The topological polar surface area (TPSA) is 29.1 Å². The summed E-state index contributed by atoms with van der Waals surface area (Å²) in [6.07, 6.45) is 0. The summed E-state index contributed by atoms with van der Waals surface area (Å²) in [5.41, 5.74) is 0. The maximum Gasteiger partial charge on any atom is 0.0391 e. The van der Waals surface area contributed by atoms with Crippen molar-refractivity contribution in [2.45, 2.75) is 45.4 Å². The Balaban J connectivity index is 3.85. The molecule has 0 rings (SSSR count). The molecule has 0 saturated carbocycles. The fourth-order valence-electron chi connectivity index (χ4n) is 0.884. The van der Waals surface area contributed by atoms with Gasteiger partial charge in [0, 0.05) is 27.3 Å². The van der Waals surface area contributed by atoms with E-state index in [0.717, 1.165) is 12.3 Å². The van der Waals surface area contributed by atoms with Crippen LogP contribution in [0.25, 0.3) is 0 Å². The summed E-state index contributed by atoms with van der Waals surface area (Å²) in [5, 5.41) is 3.26. The van der Waals surface area contributed by atoms with Crippen molar-refractivity contribution in [3.05, 3.63) is 0 Å². The second-order valence-corrected chi connectivity index (χ2v) is 6.33. The van der Waals surface area contributed by atoms with Gasteiger partial charge in [0.25, 0.3) is 0 Å². The van der Waals surface area contributed by atoms with Crippen LogP contribution in [0.3, 0.4) is 0 Å². The molecule has 2 atom stereocenters. The van der Waals surface area contributed by atoms with Crippen LogP contribution in [-0.4, -0.2) is 27.3 Å². The van der Waals surface area contributed by atoms with Gasteiger partial charge < -0.3 is 5.32 Å². The van der Waals surface area contributed by atoms with E-state index in [0.29, 0.717) is 6.04 Å². The highest BCUT2D eigenvalue weighted by atomic mass is 32.2. The normalized spacial score (nSPS) is 17.4. The van der Waals surface area contributed by atoms with Gasteiger partial charge in [0.15, 0.2) is 0 Å². The minimum Gasteiger partial charge on any atom is -0.314 e. The van der Waals surface area contributed by atoms with Crippen LogP contribution in [0.15, 0.2) is 0 Å². The molecule has 0 saturated heterocycles. The zero-order valence-corrected chi connectivity index (χ0v) is 9.62. The monoisotopic (exact) mass is 191 g/mol. The van der Waals surface area contributed by atoms with Crippen LogP contribution in [-0.2, 0) is 10.8 Å². The molecule has 0 aliphatic heterocycles. The molecule has 0 aromatic rings. The first-order valence-corrected chi connectivity index (χ1v) is 5.81. The maximum absolute atomic E-state index is 11.6. The molecule has 74 valence electrons. The zero-order valence-electron chi connectivity index (χ0n) is 8.81. The Hall–Kier alpha value is 0.110. The Labute approximate surface area is 78.6 Å². The Morgan fingerprint density at radius 1 is 1.42 bits per heavy atom. The molecule has 0 amide bonds. The number of hydrogen-bond donors (Lipinski definition) is 1. The smallest absolute Gasteiger partial charge is 0.0391 e. The fourth-order valence-corrected chi connectivity index (χ4v) is 1.96. The Morgan fingerprint density at radius 2 is 1.92 bits per heavy atom. The number of nitrogens with one attached hydrogen (secondary N) is 1. The van der Waals surface area contributed by atoms with Crippen LogP contribution in [0.2, 0.25) is 0 Å². The minimum atomic E-state index is -0.731. The molecule has 2 nitrogen and oxygen atoms in total. The van der Waals surface area contributed by atoms with Gasteiger partial charge in [0.05, 0.1) is 0 Å². The van der Waals surface area contributed by atoms with Crippen LogP contribution >= 0.6 is 0 Å². The highest BCUT2D eigenvalue weighted by Crippen LogP contribution is 2.11. The molecule has 1 N–H and O–H groups in total. The molecule has 3 heteroatoms. The van der Waals surface area contributed by atoms with E-state index >= 15 is 0 Å². The molecule has 0 radical (unpaired) electrons. The lowest BCUT2D eigenvalue weighted by molar-refractivity contribution is 0.595. The van der Waals surface area contributed by atoms with Crippen molar-refractivity contribution in [2.75, 3.05) is 12.3 Å². The van der Waals surface area contributed by atoms with Gasteiger partial charge in [0.1, 0.15) is 0 Å². The Kier molecular flexibility index (Phi) is 5.02. The van der Waals surface area contributed by atoms with Crippen molar-refractivity contribution in [3.63, 3.8) is 0 Å². The lowest BCUT2D eigenvalue weighted by atomic mass is 10.3. The third kappa shape index (κ3) is 4.88. The van der Waals surface area contributed by atoms with Gasteiger partial charge >= 0.3 is 0 Å². The second kappa shape index (κ2) is 4.97. The molecule has 0 aromatic heterocycles. The highest BCUT2D eigenvalue weighted by molar-refractivity contribution is 7.86. The van der Waals surface area contributed by atoms with Crippen LogP contribution < -0.4 is 5.32 Å². The number of hydrogen-bond acceptors (Lipinski definition) is 2. The summed E-state index contributed by atoms with van der Waals surface area (Å²) in [4.78, 5) is 0. The van der Waals surface area contributed by atoms with Crippen molar-refractivity contribution < 1.29 is 4.21 Å². The molecule has 2 unspecified atom stereocenters. The van der Waals surface area contributed by atoms with Crippen LogP contribution in [0, 0.1) is 0 Å². The molecule has 0 aliphatic rings. The van der Waals surface area contributed by atoms with Crippen molar-refractivity contribution in [1.82, 2.24) is 5.32 Å². The van der Waals surface area contributed by atoms with Gasteiger partial charge in [-0.1, -0.05) is 6.92 Å². The fraction of sp³-hybridized carbons (Fsp3) is 1.00. The molecule has 0 aliphatic carbocycles. The molecule has 12 heavy (non-hydrogen) atoms. The van der Waals surface area contributed by atoms with E-state index in [1.54, 1.807) is 0 Å². The van der Waals surface area contributed by atoms with Crippen LogP contribution in [0.4, 0.5) is 0 Å². The lowest BCUT2D eigenvalue weighted by Gasteiger charge is -2.20. The number of rotatable bonds is 4. The summed E-state index contributed by atoms with van der Waals surface area (Å²) in [6.45, 7) is 11.1. The van der Waals surface area contributed by atoms with Crippen LogP contribution in [0.5, 0.6) is 0 Å². The van der Waals surface area contributed by atoms with Crippen molar-refractivity contribution >= 4 is 10.8 Å². The highest BCUT2D eigenvalue weighted by Gasteiger charge is 2.20. The average Bonchev–Trinajstić information content (AvgIpc) is 1.85. The third-order valence-electron chi connectivity index (χ3n) is 1.64. The third-order valence-corrected chi connectivity index (χ3v) is 3.81. The van der Waals surface area contributed by atoms with Gasteiger partial charge in [0.2, 0.25) is 0 Å². The molecule has 0 heterocycles. The maximum atomic E-state index is 11.6. The van der Waals surface area contributed by atoms with Crippen LogP contribution in [0.1, 0.15) is 34.6 Å². The van der Waals surface area contributed by atoms with E-state index in [1.165, 1.54) is 0 Å². The van der Waals surface area contributed by atoms with E-state index in [9.17, 15) is 4.21 Å². The molecule has 0 bridgehead atoms. The molecule has 0 spiro atoms. The second-order valence-electron chi connectivity index (χ2n) is 4.08. The summed E-state index contributed by atoms with van der Waals surface area (Å²) in [6, 6.07) is 0.357. The van der Waals surface area contributed by atoms with Crippen molar-refractivity contribution in [3.8, 4) is 0 Å². The van der Waals surface area contributed by atoms with E-state index in [-0.39, 0.29) is 4.75 Å². The molecular weight excluding hydrogens is 170 g/mol. The largest absolute Gasteiger partial charge is 0.314 e. The van der Waals surface area contributed by atoms with E-state index < -0.39 is 10.8 Å². The Bertz CT molecular complexity index is 151. The van der Waals surface area contributed by atoms with Gasteiger partial charge in [-0.05, 0) is 34.2 Å². The van der Waals surface area contributed by atoms with Gasteiger partial charge in [-0.3, -0.25) is 4.21 Å². The molecule has 0 aromatic carbocycles. The van der Waals surface area contributed by atoms with E-state index in [4.69, 9.17) is 0 Å². The van der Waals surface area contributed by atoms with Gasteiger partial charge in [-0.25, -0.2) is 0 Å². The first kappa shape index (κ1) is 12.1. The zero-order chi connectivity index (χ0) is 9.78. The first-order valence-electron chi connectivity index (χ1n) is 4.49. The predicted octanol–water partition coefficient (Wildman–Crippen LogP) is 1.53. The van der Waals surface area contributed by atoms with Crippen molar-refractivity contribution in [1.29, 1.82) is 0 Å². The van der Waals surface area contributed by atoms with Crippen molar-refractivity contribution in [2.24, 2.45) is 0 Å². The van der Waals surface area contributed by atoms with Gasteiger partial charge in [-0.2, -0.15) is 0 Å². The molecular formula is C9H21NOS. The average molecular weight is 191 g/mol. The summed E-state index contributed by atoms with van der Waals surface area (Å²) >= 11 is 0. The van der Waals surface area contributed by atoms with E-state index in [1.807, 2.05) is 20.8 Å². The summed E-state index contributed by atoms with van der Waals surface area (Å²) in [7, 11) is -0.731. The SMILES string of the molecule is CCNC(C)CS(=O)C(C)(C)C. The van der Waals surface area contributed by atoms with E-state index in [2.05, 4.69) is 19.2 Å². The summed E-state index contributed by atoms with van der Waals surface area (Å²) in [5.74, 6) is 0.747. The standard InChI is InChI=1S/C9H21NOS/c1-6-10-8(2)7-12(11)9(3,4)5/h8,10H,6-7H2,1-5H3. The Morgan fingerprint density at radius 3 is 2.25 bits per heavy atom. The lowest BCUT2D eigenvalue weighted by Crippen LogP contribution is -2.36. The first-order chi connectivity index (χ1) is 5.38.